The van der Waals surface area contributed by atoms with Gasteiger partial charge < -0.3 is 0 Å². The lowest BCUT2D eigenvalue weighted by Crippen LogP contribution is -2.28. The summed E-state index contributed by atoms with van der Waals surface area (Å²) in [4.78, 5) is 12.6. The Bertz CT molecular complexity index is 549. The zero-order valence-electron chi connectivity index (χ0n) is 14.5. The van der Waals surface area contributed by atoms with E-state index in [9.17, 15) is 9.18 Å². The minimum absolute atomic E-state index is 0.107. The Kier molecular flexibility index (Phi) is 5.18. The molecule has 2 saturated carbocycles. The molecule has 0 radical (unpaired) electrons. The maximum absolute atomic E-state index is 13.7. The van der Waals surface area contributed by atoms with Crippen LogP contribution in [-0.2, 0) is 0 Å². The third kappa shape index (κ3) is 3.84. The Morgan fingerprint density at radius 2 is 1.52 bits per heavy atom. The van der Waals surface area contributed by atoms with Gasteiger partial charge in [-0.3, -0.25) is 4.79 Å². The quantitative estimate of drug-likeness (QED) is 0.630. The van der Waals surface area contributed by atoms with Crippen LogP contribution in [0.2, 0.25) is 0 Å². The summed E-state index contributed by atoms with van der Waals surface area (Å²) >= 11 is 0. The molecule has 0 heterocycles. The molecule has 2 aliphatic carbocycles. The number of aryl methyl sites for hydroxylation is 1. The molecule has 2 aliphatic rings. The van der Waals surface area contributed by atoms with Gasteiger partial charge in [-0.15, -0.1) is 0 Å². The molecule has 0 amide bonds. The zero-order valence-corrected chi connectivity index (χ0v) is 14.5. The van der Waals surface area contributed by atoms with Crippen LogP contribution in [0, 0.1) is 36.4 Å². The van der Waals surface area contributed by atoms with Crippen molar-refractivity contribution >= 4 is 5.78 Å². The highest BCUT2D eigenvalue weighted by Gasteiger charge is 2.32. The summed E-state index contributed by atoms with van der Waals surface area (Å²) in [6.45, 7) is 4.10. The van der Waals surface area contributed by atoms with Crippen LogP contribution < -0.4 is 0 Å². The van der Waals surface area contributed by atoms with Crippen LogP contribution in [0.5, 0.6) is 0 Å². The summed E-state index contributed by atoms with van der Waals surface area (Å²) in [6.07, 6.45) is 9.88. The first-order valence-corrected chi connectivity index (χ1v) is 9.35. The number of benzene rings is 1. The van der Waals surface area contributed by atoms with Crippen molar-refractivity contribution in [2.45, 2.75) is 65.2 Å². The molecule has 0 atom stereocenters. The summed E-state index contributed by atoms with van der Waals surface area (Å²) < 4.78 is 13.7. The summed E-state index contributed by atoms with van der Waals surface area (Å²) in [5.41, 5.74) is 1.17. The smallest absolute Gasteiger partial charge is 0.166 e. The van der Waals surface area contributed by atoms with Crippen molar-refractivity contribution in [3.8, 4) is 0 Å². The van der Waals surface area contributed by atoms with Gasteiger partial charge in [0, 0.05) is 11.5 Å². The highest BCUT2D eigenvalue weighted by molar-refractivity contribution is 5.97. The van der Waals surface area contributed by atoms with E-state index in [1.54, 1.807) is 19.1 Å². The zero-order chi connectivity index (χ0) is 16.4. The molecule has 3 rings (SSSR count). The van der Waals surface area contributed by atoms with Crippen LogP contribution in [0.4, 0.5) is 4.39 Å². The number of rotatable bonds is 3. The van der Waals surface area contributed by atoms with Crippen molar-refractivity contribution in [3.05, 3.63) is 35.1 Å². The molecular weight excluding hydrogens is 287 g/mol. The van der Waals surface area contributed by atoms with E-state index in [-0.39, 0.29) is 17.5 Å². The first-order chi connectivity index (χ1) is 11.0. The van der Waals surface area contributed by atoms with Gasteiger partial charge in [0.05, 0.1) is 0 Å². The number of hydrogen-bond acceptors (Lipinski definition) is 1. The van der Waals surface area contributed by atoms with E-state index in [1.165, 1.54) is 44.6 Å². The molecule has 23 heavy (non-hydrogen) atoms. The van der Waals surface area contributed by atoms with Gasteiger partial charge in [0.15, 0.2) is 5.78 Å². The van der Waals surface area contributed by atoms with Crippen LogP contribution in [0.25, 0.3) is 0 Å². The summed E-state index contributed by atoms with van der Waals surface area (Å²) in [5, 5.41) is 0. The molecule has 0 N–H and O–H groups in total. The molecule has 2 fully saturated rings. The highest BCUT2D eigenvalue weighted by Crippen LogP contribution is 2.41. The van der Waals surface area contributed by atoms with Crippen molar-refractivity contribution in [3.63, 3.8) is 0 Å². The molecule has 1 aromatic carbocycles. The molecule has 0 bridgehead atoms. The average molecular weight is 316 g/mol. The predicted molar refractivity (Wildman–Crippen MR) is 92.0 cm³/mol. The van der Waals surface area contributed by atoms with Crippen LogP contribution in [0.1, 0.15) is 74.2 Å². The third-order valence-corrected chi connectivity index (χ3v) is 6.33. The monoisotopic (exact) mass is 316 g/mol. The van der Waals surface area contributed by atoms with Crippen molar-refractivity contribution in [1.82, 2.24) is 0 Å². The minimum atomic E-state index is -0.263. The summed E-state index contributed by atoms with van der Waals surface area (Å²) in [5.74, 6) is 2.61. The lowest BCUT2D eigenvalue weighted by molar-refractivity contribution is 0.0831. The predicted octanol–water partition coefficient (Wildman–Crippen LogP) is 5.95. The first-order valence-electron chi connectivity index (χ1n) is 9.35. The second-order valence-electron chi connectivity index (χ2n) is 7.96. The largest absolute Gasteiger partial charge is 0.294 e. The van der Waals surface area contributed by atoms with Gasteiger partial charge in [-0.2, -0.15) is 0 Å². The fourth-order valence-corrected chi connectivity index (χ4v) is 4.59. The van der Waals surface area contributed by atoms with E-state index in [4.69, 9.17) is 0 Å². The topological polar surface area (TPSA) is 17.1 Å². The number of carbonyl (C=O) groups is 1. The fraction of sp³-hybridized carbons (Fsp3) is 0.667. The van der Waals surface area contributed by atoms with E-state index < -0.39 is 0 Å². The van der Waals surface area contributed by atoms with E-state index >= 15 is 0 Å². The maximum Gasteiger partial charge on any atom is 0.166 e. The number of halogens is 1. The Hall–Kier alpha value is -1.18. The number of hydrogen-bond donors (Lipinski definition) is 0. The number of carbonyl (C=O) groups excluding carboxylic acids is 1. The lowest BCUT2D eigenvalue weighted by Gasteiger charge is -2.37. The summed E-state index contributed by atoms with van der Waals surface area (Å²) in [6, 6.07) is 4.93. The standard InChI is InChI=1S/C21H29FO/c1-14-3-6-16(7-4-14)17-9-11-18(12-10-17)21(23)19-8-5-15(2)20(22)13-19/h5,8,13-14,16-18H,3-4,6-7,9-12H2,1-2H3. The Morgan fingerprint density at radius 3 is 2.09 bits per heavy atom. The van der Waals surface area contributed by atoms with Gasteiger partial charge >= 0.3 is 0 Å². The average Bonchev–Trinajstić information content (AvgIpc) is 2.57. The Balaban J connectivity index is 1.56. The molecule has 0 saturated heterocycles. The summed E-state index contributed by atoms with van der Waals surface area (Å²) in [7, 11) is 0. The molecule has 0 unspecified atom stereocenters. The third-order valence-electron chi connectivity index (χ3n) is 6.33. The number of Topliss-reactive ketones (excluding diaryl/α,β-unsaturated/α-hetero) is 1. The van der Waals surface area contributed by atoms with Crippen LogP contribution in [0.3, 0.4) is 0 Å². The molecule has 0 aromatic heterocycles. The van der Waals surface area contributed by atoms with Crippen LogP contribution in [0.15, 0.2) is 18.2 Å². The molecular formula is C21H29FO. The van der Waals surface area contributed by atoms with E-state index in [1.807, 2.05) is 0 Å². The van der Waals surface area contributed by atoms with Gasteiger partial charge in [0.25, 0.3) is 0 Å². The Morgan fingerprint density at radius 1 is 0.957 bits per heavy atom. The molecule has 0 spiro atoms. The lowest BCUT2D eigenvalue weighted by atomic mass is 9.68. The van der Waals surface area contributed by atoms with Crippen molar-refractivity contribution < 1.29 is 9.18 Å². The van der Waals surface area contributed by atoms with Gasteiger partial charge in [-0.05, 0) is 74.8 Å². The molecule has 1 aromatic rings. The maximum atomic E-state index is 13.7. The van der Waals surface area contributed by atoms with Gasteiger partial charge in [0.1, 0.15) is 5.82 Å². The van der Waals surface area contributed by atoms with Crippen molar-refractivity contribution in [2.75, 3.05) is 0 Å². The second-order valence-corrected chi connectivity index (χ2v) is 7.96. The molecule has 126 valence electrons. The van der Waals surface area contributed by atoms with Gasteiger partial charge in [0.2, 0.25) is 0 Å². The van der Waals surface area contributed by atoms with E-state index in [2.05, 4.69) is 6.92 Å². The second kappa shape index (κ2) is 7.15. The molecule has 1 nitrogen and oxygen atoms in total. The normalized spacial score (nSPS) is 31.8. The first kappa shape index (κ1) is 16.7. The molecule has 2 heteroatoms. The Labute approximate surface area is 139 Å². The van der Waals surface area contributed by atoms with E-state index in [0.29, 0.717) is 11.1 Å². The minimum Gasteiger partial charge on any atom is -0.294 e. The van der Waals surface area contributed by atoms with Gasteiger partial charge in [-0.1, -0.05) is 31.9 Å². The highest BCUT2D eigenvalue weighted by atomic mass is 19.1. The number of ketones is 1. The van der Waals surface area contributed by atoms with Crippen molar-refractivity contribution in [1.29, 1.82) is 0 Å². The SMILES string of the molecule is Cc1ccc(C(=O)C2CCC(C3CCC(C)CC3)CC2)cc1F. The van der Waals surface area contributed by atoms with E-state index in [0.717, 1.165) is 30.6 Å². The fourth-order valence-electron chi connectivity index (χ4n) is 4.59. The van der Waals surface area contributed by atoms with Gasteiger partial charge in [-0.25, -0.2) is 4.39 Å². The van der Waals surface area contributed by atoms with Crippen LogP contribution >= 0.6 is 0 Å². The molecule has 0 aliphatic heterocycles. The van der Waals surface area contributed by atoms with Crippen molar-refractivity contribution in [2.24, 2.45) is 23.7 Å². The van der Waals surface area contributed by atoms with Crippen LogP contribution in [-0.4, -0.2) is 5.78 Å².